The summed E-state index contributed by atoms with van der Waals surface area (Å²) in [5.41, 5.74) is 9.89. The summed E-state index contributed by atoms with van der Waals surface area (Å²) >= 11 is 0. The Kier molecular flexibility index (Phi) is 3.26. The lowest BCUT2D eigenvalue weighted by atomic mass is 10.1. The van der Waals surface area contributed by atoms with Crippen molar-refractivity contribution in [3.05, 3.63) is 41.3 Å². The van der Waals surface area contributed by atoms with Crippen LogP contribution in [-0.2, 0) is 0 Å². The van der Waals surface area contributed by atoms with Crippen LogP contribution in [0.2, 0.25) is 0 Å². The summed E-state index contributed by atoms with van der Waals surface area (Å²) in [7, 11) is 0. The second-order valence-electron chi connectivity index (χ2n) is 4.20. The second-order valence-corrected chi connectivity index (χ2v) is 4.20. The first kappa shape index (κ1) is 11.8. The maximum absolute atomic E-state index is 9.03. The molecule has 4 N–H and O–H groups in total. The summed E-state index contributed by atoms with van der Waals surface area (Å²) in [5, 5.41) is 9.03. The average Bonchev–Trinajstić information content (AvgIpc) is 2.71. The number of nitrogens with one attached hydrogen (secondary N) is 1. The average molecular weight is 231 g/mol. The van der Waals surface area contributed by atoms with Crippen LogP contribution >= 0.6 is 0 Å². The molecule has 0 aliphatic heterocycles. The van der Waals surface area contributed by atoms with E-state index in [0.717, 1.165) is 17.0 Å². The van der Waals surface area contributed by atoms with E-state index < -0.39 is 6.04 Å². The van der Waals surface area contributed by atoms with Gasteiger partial charge >= 0.3 is 0 Å². The molecule has 17 heavy (non-hydrogen) atoms. The van der Waals surface area contributed by atoms with E-state index in [9.17, 15) is 0 Å². The number of nitrogens with two attached hydrogens (primary N) is 1. The van der Waals surface area contributed by atoms with Gasteiger partial charge in [0.15, 0.2) is 0 Å². The van der Waals surface area contributed by atoms with E-state index in [1.165, 1.54) is 5.56 Å². The van der Waals surface area contributed by atoms with Crippen molar-refractivity contribution in [1.82, 2.24) is 9.97 Å². The van der Waals surface area contributed by atoms with Crippen molar-refractivity contribution in [3.8, 4) is 11.3 Å². The van der Waals surface area contributed by atoms with Crippen molar-refractivity contribution >= 4 is 0 Å². The molecule has 1 heterocycles. The fraction of sp³-hybridized carbons (Fsp3) is 0.308. The fourth-order valence-corrected chi connectivity index (χ4v) is 1.85. The van der Waals surface area contributed by atoms with E-state index in [1.807, 2.05) is 25.1 Å². The van der Waals surface area contributed by atoms with Crippen molar-refractivity contribution in [2.45, 2.75) is 19.9 Å². The number of H-pyrrole nitrogens is 1. The van der Waals surface area contributed by atoms with Crippen molar-refractivity contribution in [3.63, 3.8) is 0 Å². The molecule has 0 amide bonds. The Morgan fingerprint density at radius 3 is 2.71 bits per heavy atom. The predicted octanol–water partition coefficient (Wildman–Crippen LogP) is 1.69. The summed E-state index contributed by atoms with van der Waals surface area (Å²) in [5.74, 6) is 0.628. The summed E-state index contributed by atoms with van der Waals surface area (Å²) in [4.78, 5) is 7.60. The lowest BCUT2D eigenvalue weighted by molar-refractivity contribution is 0.264. The van der Waals surface area contributed by atoms with Gasteiger partial charge in [-0.3, -0.25) is 0 Å². The van der Waals surface area contributed by atoms with Crippen molar-refractivity contribution in [1.29, 1.82) is 0 Å². The first-order valence-electron chi connectivity index (χ1n) is 5.62. The molecule has 0 spiro atoms. The number of imidazole rings is 1. The molecule has 0 saturated carbocycles. The Labute approximate surface area is 101 Å². The van der Waals surface area contributed by atoms with Crippen molar-refractivity contribution in [2.75, 3.05) is 6.61 Å². The molecule has 0 fully saturated rings. The molecule has 0 saturated heterocycles. The van der Waals surface area contributed by atoms with Gasteiger partial charge in [-0.2, -0.15) is 0 Å². The molecule has 1 aromatic carbocycles. The SMILES string of the molecule is Cc1ccccc1-c1nc(C(N)CO)[nH]c1C. The Hall–Kier alpha value is -1.65. The molecule has 90 valence electrons. The van der Waals surface area contributed by atoms with Gasteiger partial charge in [0, 0.05) is 11.3 Å². The number of hydrogen-bond acceptors (Lipinski definition) is 3. The van der Waals surface area contributed by atoms with E-state index in [1.54, 1.807) is 0 Å². The third kappa shape index (κ3) is 2.23. The zero-order valence-corrected chi connectivity index (χ0v) is 10.1. The zero-order chi connectivity index (χ0) is 12.4. The second kappa shape index (κ2) is 4.69. The largest absolute Gasteiger partial charge is 0.394 e. The molecule has 0 radical (unpaired) electrons. The number of hydrogen-bond donors (Lipinski definition) is 3. The number of aliphatic hydroxyl groups excluding tert-OH is 1. The van der Waals surface area contributed by atoms with Gasteiger partial charge in [-0.15, -0.1) is 0 Å². The maximum Gasteiger partial charge on any atom is 0.126 e. The lowest BCUT2D eigenvalue weighted by Gasteiger charge is -2.03. The summed E-state index contributed by atoms with van der Waals surface area (Å²) in [6.45, 7) is 3.90. The fourth-order valence-electron chi connectivity index (χ4n) is 1.85. The number of nitrogens with zero attached hydrogens (tertiary/aromatic N) is 1. The van der Waals surface area contributed by atoms with Crippen molar-refractivity contribution < 1.29 is 5.11 Å². The van der Waals surface area contributed by atoms with E-state index in [2.05, 4.69) is 23.0 Å². The quantitative estimate of drug-likeness (QED) is 0.752. The molecular formula is C13H17N3O. The minimum Gasteiger partial charge on any atom is -0.394 e. The van der Waals surface area contributed by atoms with Crippen LogP contribution in [0.3, 0.4) is 0 Å². The Morgan fingerprint density at radius 1 is 1.35 bits per heavy atom. The molecule has 1 unspecified atom stereocenters. The molecule has 4 nitrogen and oxygen atoms in total. The highest BCUT2D eigenvalue weighted by molar-refractivity contribution is 5.65. The summed E-state index contributed by atoms with van der Waals surface area (Å²) in [6.07, 6.45) is 0. The third-order valence-electron chi connectivity index (χ3n) is 2.85. The van der Waals surface area contributed by atoms with Crippen LogP contribution in [0.5, 0.6) is 0 Å². The van der Waals surface area contributed by atoms with Gasteiger partial charge in [0.25, 0.3) is 0 Å². The number of rotatable bonds is 3. The maximum atomic E-state index is 9.03. The molecule has 0 aliphatic rings. The predicted molar refractivity (Wildman–Crippen MR) is 67.5 cm³/mol. The Morgan fingerprint density at radius 2 is 2.06 bits per heavy atom. The zero-order valence-electron chi connectivity index (χ0n) is 10.1. The Balaban J connectivity index is 2.47. The van der Waals surface area contributed by atoms with Crippen LogP contribution in [0, 0.1) is 13.8 Å². The molecule has 0 bridgehead atoms. The summed E-state index contributed by atoms with van der Waals surface area (Å²) in [6, 6.07) is 7.62. The minimum atomic E-state index is -0.452. The standard InChI is InChI=1S/C13H17N3O/c1-8-5-3-4-6-10(8)12-9(2)15-13(16-12)11(14)7-17/h3-6,11,17H,7,14H2,1-2H3,(H,15,16). The molecule has 2 aromatic rings. The number of benzene rings is 1. The van der Waals surface area contributed by atoms with Crippen LogP contribution in [0.25, 0.3) is 11.3 Å². The monoisotopic (exact) mass is 231 g/mol. The number of aliphatic hydroxyl groups is 1. The van der Waals surface area contributed by atoms with Gasteiger partial charge in [0.2, 0.25) is 0 Å². The topological polar surface area (TPSA) is 74.9 Å². The van der Waals surface area contributed by atoms with Crippen molar-refractivity contribution in [2.24, 2.45) is 5.73 Å². The molecule has 1 atom stereocenters. The molecule has 2 rings (SSSR count). The minimum absolute atomic E-state index is 0.111. The van der Waals surface area contributed by atoms with Crippen LogP contribution in [-0.4, -0.2) is 21.7 Å². The van der Waals surface area contributed by atoms with Crippen LogP contribution in [0.1, 0.15) is 23.1 Å². The van der Waals surface area contributed by atoms with Gasteiger partial charge in [-0.05, 0) is 19.4 Å². The van der Waals surface area contributed by atoms with Gasteiger partial charge in [-0.1, -0.05) is 24.3 Å². The highest BCUT2D eigenvalue weighted by Crippen LogP contribution is 2.25. The highest BCUT2D eigenvalue weighted by Gasteiger charge is 2.14. The molecular weight excluding hydrogens is 214 g/mol. The first-order chi connectivity index (χ1) is 8.13. The van der Waals surface area contributed by atoms with E-state index in [4.69, 9.17) is 10.8 Å². The van der Waals surface area contributed by atoms with E-state index in [0.29, 0.717) is 5.82 Å². The number of aromatic nitrogens is 2. The van der Waals surface area contributed by atoms with Gasteiger partial charge in [0.1, 0.15) is 5.82 Å². The highest BCUT2D eigenvalue weighted by atomic mass is 16.3. The van der Waals surface area contributed by atoms with E-state index >= 15 is 0 Å². The molecule has 0 aliphatic carbocycles. The lowest BCUT2D eigenvalue weighted by Crippen LogP contribution is -2.16. The molecule has 1 aromatic heterocycles. The van der Waals surface area contributed by atoms with Gasteiger partial charge in [-0.25, -0.2) is 4.98 Å². The van der Waals surface area contributed by atoms with Gasteiger partial charge < -0.3 is 15.8 Å². The number of aromatic amines is 1. The van der Waals surface area contributed by atoms with Crippen LogP contribution in [0.4, 0.5) is 0 Å². The smallest absolute Gasteiger partial charge is 0.126 e. The van der Waals surface area contributed by atoms with Gasteiger partial charge in [0.05, 0.1) is 18.3 Å². The summed E-state index contributed by atoms with van der Waals surface area (Å²) < 4.78 is 0. The first-order valence-corrected chi connectivity index (χ1v) is 5.62. The number of aryl methyl sites for hydroxylation is 2. The molecule has 4 heteroatoms. The van der Waals surface area contributed by atoms with Crippen LogP contribution < -0.4 is 5.73 Å². The Bertz CT molecular complexity index is 519. The third-order valence-corrected chi connectivity index (χ3v) is 2.85. The van der Waals surface area contributed by atoms with Crippen LogP contribution in [0.15, 0.2) is 24.3 Å². The normalized spacial score (nSPS) is 12.7. The van der Waals surface area contributed by atoms with E-state index in [-0.39, 0.29) is 6.61 Å².